The highest BCUT2D eigenvalue weighted by Crippen LogP contribution is 2.11. The molecule has 1 fully saturated rings. The van der Waals surface area contributed by atoms with Gasteiger partial charge in [-0.25, -0.2) is 15.0 Å². The molecule has 0 spiro atoms. The Morgan fingerprint density at radius 1 is 1.36 bits per heavy atom. The highest BCUT2D eigenvalue weighted by Gasteiger charge is 2.24. The van der Waals surface area contributed by atoms with E-state index in [4.69, 9.17) is 0 Å². The third-order valence-electron chi connectivity index (χ3n) is 4.15. The topological polar surface area (TPSA) is 104 Å². The highest BCUT2D eigenvalue weighted by atomic mass is 35.5. The molecule has 0 aromatic carbocycles. The number of piperazine rings is 1. The summed E-state index contributed by atoms with van der Waals surface area (Å²) in [5, 5.41) is 3.24. The molecule has 25 heavy (non-hydrogen) atoms. The van der Waals surface area contributed by atoms with E-state index in [0.29, 0.717) is 29.5 Å². The standard InChI is InChI=1S/C16H20N6O2.ClH/c1-10-9-17-6-7-22(10)13(23)8-12-11(2)20-15(21-16(12)24)14-18-4-3-5-19-14;/h3-5,10,17H,6-9H2,1-2H3,(H,20,21,24);1H/t10-;/m1./s1. The number of hydrogen-bond donors (Lipinski definition) is 2. The van der Waals surface area contributed by atoms with Crippen LogP contribution in [0.5, 0.6) is 0 Å². The Morgan fingerprint density at radius 3 is 2.72 bits per heavy atom. The molecule has 1 saturated heterocycles. The molecule has 2 N–H and O–H groups in total. The molecule has 0 saturated carbocycles. The van der Waals surface area contributed by atoms with Gasteiger partial charge in [-0.3, -0.25) is 9.59 Å². The van der Waals surface area contributed by atoms with Crippen molar-refractivity contribution in [1.82, 2.24) is 30.2 Å². The van der Waals surface area contributed by atoms with Crippen molar-refractivity contribution in [2.75, 3.05) is 19.6 Å². The van der Waals surface area contributed by atoms with Gasteiger partial charge < -0.3 is 15.2 Å². The number of carbonyl (C=O) groups is 1. The summed E-state index contributed by atoms with van der Waals surface area (Å²) in [6.07, 6.45) is 3.22. The number of carbonyl (C=O) groups excluding carboxylic acids is 1. The molecule has 1 amide bonds. The molecule has 0 radical (unpaired) electrons. The average molecular weight is 365 g/mol. The molecule has 3 heterocycles. The fourth-order valence-corrected chi connectivity index (χ4v) is 2.81. The highest BCUT2D eigenvalue weighted by molar-refractivity contribution is 5.85. The second kappa shape index (κ2) is 8.17. The molecule has 3 rings (SSSR count). The largest absolute Gasteiger partial charge is 0.337 e. The van der Waals surface area contributed by atoms with E-state index in [1.807, 2.05) is 11.8 Å². The van der Waals surface area contributed by atoms with E-state index in [1.54, 1.807) is 25.4 Å². The van der Waals surface area contributed by atoms with Gasteiger partial charge >= 0.3 is 0 Å². The molecule has 0 aliphatic carbocycles. The Labute approximate surface area is 151 Å². The van der Waals surface area contributed by atoms with Crippen LogP contribution >= 0.6 is 12.4 Å². The van der Waals surface area contributed by atoms with Gasteiger partial charge in [-0.15, -0.1) is 12.4 Å². The number of halogens is 1. The van der Waals surface area contributed by atoms with Gasteiger partial charge in [0.25, 0.3) is 5.56 Å². The van der Waals surface area contributed by atoms with E-state index in [9.17, 15) is 9.59 Å². The lowest BCUT2D eigenvalue weighted by atomic mass is 10.1. The van der Waals surface area contributed by atoms with Crippen molar-refractivity contribution in [2.45, 2.75) is 26.3 Å². The van der Waals surface area contributed by atoms with Crippen LogP contribution in [-0.2, 0) is 11.2 Å². The third kappa shape index (κ3) is 4.21. The summed E-state index contributed by atoms with van der Waals surface area (Å²) < 4.78 is 0. The minimum Gasteiger partial charge on any atom is -0.337 e. The molecule has 8 nitrogen and oxygen atoms in total. The van der Waals surface area contributed by atoms with E-state index in [-0.39, 0.29) is 36.3 Å². The van der Waals surface area contributed by atoms with Crippen LogP contribution in [0.4, 0.5) is 0 Å². The first-order valence-electron chi connectivity index (χ1n) is 7.93. The summed E-state index contributed by atoms with van der Waals surface area (Å²) in [5.74, 6) is 0.610. The van der Waals surface area contributed by atoms with E-state index in [1.165, 1.54) is 0 Å². The molecule has 2 aromatic heterocycles. The average Bonchev–Trinajstić information content (AvgIpc) is 2.59. The van der Waals surface area contributed by atoms with Crippen molar-refractivity contribution < 1.29 is 4.79 Å². The van der Waals surface area contributed by atoms with Gasteiger partial charge in [0.1, 0.15) is 0 Å². The van der Waals surface area contributed by atoms with Crippen LogP contribution in [0.25, 0.3) is 11.6 Å². The van der Waals surface area contributed by atoms with E-state index in [2.05, 4.69) is 25.3 Å². The Kier molecular flexibility index (Phi) is 6.22. The fraction of sp³-hybridized carbons (Fsp3) is 0.438. The van der Waals surface area contributed by atoms with Crippen LogP contribution in [0.2, 0.25) is 0 Å². The predicted octanol–water partition coefficient (Wildman–Crippen LogP) is 0.320. The third-order valence-corrected chi connectivity index (χ3v) is 4.15. The van der Waals surface area contributed by atoms with E-state index >= 15 is 0 Å². The Hall–Kier alpha value is -2.32. The number of hydrogen-bond acceptors (Lipinski definition) is 6. The minimum absolute atomic E-state index is 0. The van der Waals surface area contributed by atoms with Crippen molar-refractivity contribution in [2.24, 2.45) is 0 Å². The number of H-pyrrole nitrogens is 1. The van der Waals surface area contributed by atoms with Gasteiger partial charge in [0, 0.05) is 49.3 Å². The smallest absolute Gasteiger partial charge is 0.255 e. The van der Waals surface area contributed by atoms with Crippen molar-refractivity contribution in [1.29, 1.82) is 0 Å². The van der Waals surface area contributed by atoms with Gasteiger partial charge in [0.05, 0.1) is 6.42 Å². The zero-order chi connectivity index (χ0) is 17.1. The molecule has 134 valence electrons. The van der Waals surface area contributed by atoms with Gasteiger partial charge in [0.15, 0.2) is 11.6 Å². The van der Waals surface area contributed by atoms with Gasteiger partial charge in [-0.2, -0.15) is 0 Å². The van der Waals surface area contributed by atoms with Gasteiger partial charge in [-0.05, 0) is 19.9 Å². The molecule has 9 heteroatoms. The van der Waals surface area contributed by atoms with Crippen LogP contribution in [0.15, 0.2) is 23.3 Å². The maximum absolute atomic E-state index is 12.5. The second-order valence-corrected chi connectivity index (χ2v) is 5.87. The lowest BCUT2D eigenvalue weighted by molar-refractivity contribution is -0.133. The lowest BCUT2D eigenvalue weighted by Crippen LogP contribution is -2.52. The predicted molar refractivity (Wildman–Crippen MR) is 95.6 cm³/mol. The summed E-state index contributed by atoms with van der Waals surface area (Å²) in [5.41, 5.74) is 0.601. The number of nitrogens with zero attached hydrogens (tertiary/aromatic N) is 4. The Balaban J connectivity index is 0.00000225. The molecule has 0 unspecified atom stereocenters. The van der Waals surface area contributed by atoms with E-state index in [0.717, 1.165) is 13.1 Å². The lowest BCUT2D eigenvalue weighted by Gasteiger charge is -2.34. The van der Waals surface area contributed by atoms with Crippen molar-refractivity contribution in [3.63, 3.8) is 0 Å². The fourth-order valence-electron chi connectivity index (χ4n) is 2.81. The summed E-state index contributed by atoms with van der Waals surface area (Å²) in [6.45, 7) is 5.92. The summed E-state index contributed by atoms with van der Waals surface area (Å²) in [4.78, 5) is 41.9. The van der Waals surface area contributed by atoms with Crippen LogP contribution in [-0.4, -0.2) is 56.4 Å². The van der Waals surface area contributed by atoms with Crippen LogP contribution < -0.4 is 10.9 Å². The monoisotopic (exact) mass is 364 g/mol. The Morgan fingerprint density at radius 2 is 2.08 bits per heavy atom. The summed E-state index contributed by atoms with van der Waals surface area (Å²) in [7, 11) is 0. The number of aryl methyl sites for hydroxylation is 1. The maximum Gasteiger partial charge on any atom is 0.255 e. The number of aromatic amines is 1. The molecule has 0 bridgehead atoms. The number of rotatable bonds is 3. The van der Waals surface area contributed by atoms with Gasteiger partial charge in [0.2, 0.25) is 5.91 Å². The molecular formula is C16H21ClN6O2. The second-order valence-electron chi connectivity index (χ2n) is 5.87. The Bertz CT molecular complexity index is 795. The molecular weight excluding hydrogens is 344 g/mol. The van der Waals surface area contributed by atoms with Gasteiger partial charge in [-0.1, -0.05) is 0 Å². The zero-order valence-corrected chi connectivity index (χ0v) is 15.0. The van der Waals surface area contributed by atoms with Crippen molar-refractivity contribution >= 4 is 18.3 Å². The van der Waals surface area contributed by atoms with Crippen LogP contribution in [0.3, 0.4) is 0 Å². The molecule has 1 aliphatic heterocycles. The maximum atomic E-state index is 12.5. The summed E-state index contributed by atoms with van der Waals surface area (Å²) in [6, 6.07) is 1.81. The first kappa shape index (κ1) is 19.0. The van der Waals surface area contributed by atoms with Crippen molar-refractivity contribution in [3.8, 4) is 11.6 Å². The number of amides is 1. The molecule has 1 atom stereocenters. The SMILES string of the molecule is Cc1nc(-c2ncccn2)[nH]c(=O)c1CC(=O)N1CCNC[C@H]1C.Cl. The van der Waals surface area contributed by atoms with Crippen LogP contribution in [0.1, 0.15) is 18.2 Å². The number of nitrogens with one attached hydrogen (secondary N) is 2. The zero-order valence-electron chi connectivity index (χ0n) is 14.2. The van der Waals surface area contributed by atoms with E-state index < -0.39 is 0 Å². The summed E-state index contributed by atoms with van der Waals surface area (Å²) >= 11 is 0. The first-order chi connectivity index (χ1) is 11.6. The van der Waals surface area contributed by atoms with Crippen molar-refractivity contribution in [3.05, 3.63) is 40.1 Å². The number of aromatic nitrogens is 4. The molecule has 1 aliphatic rings. The normalized spacial score (nSPS) is 17.0. The molecule has 2 aromatic rings. The van der Waals surface area contributed by atoms with Crippen LogP contribution in [0, 0.1) is 6.92 Å². The first-order valence-corrected chi connectivity index (χ1v) is 7.93. The quantitative estimate of drug-likeness (QED) is 0.812. The minimum atomic E-state index is -0.318.